The highest BCUT2D eigenvalue weighted by atomic mass is 16.6. The van der Waals surface area contributed by atoms with Gasteiger partial charge in [-0.25, -0.2) is 4.79 Å². The molecule has 0 spiro atoms. The molecule has 6 nitrogen and oxygen atoms in total. The number of nitrogens with zero attached hydrogens (tertiary/aromatic N) is 1. The summed E-state index contributed by atoms with van der Waals surface area (Å²) in [5.74, 6) is -0.0487. The fourth-order valence-electron chi connectivity index (χ4n) is 3.99. The van der Waals surface area contributed by atoms with Crippen molar-refractivity contribution in [2.75, 3.05) is 13.1 Å². The fraction of sp³-hybridized carbons (Fsp3) is 0.481. The first-order valence-corrected chi connectivity index (χ1v) is 11.7. The number of hydrogen-bond acceptors (Lipinski definition) is 4. The second kappa shape index (κ2) is 10.8. The first-order valence-electron chi connectivity index (χ1n) is 11.7. The molecule has 1 heterocycles. The lowest BCUT2D eigenvalue weighted by Crippen LogP contribution is -2.41. The Morgan fingerprint density at radius 3 is 2.36 bits per heavy atom. The highest BCUT2D eigenvalue weighted by Crippen LogP contribution is 2.31. The van der Waals surface area contributed by atoms with E-state index in [0.717, 1.165) is 29.5 Å². The maximum absolute atomic E-state index is 12.5. The molecule has 3 atom stereocenters. The quantitative estimate of drug-likeness (QED) is 0.647. The van der Waals surface area contributed by atoms with Gasteiger partial charge in [0.25, 0.3) is 0 Å². The van der Waals surface area contributed by atoms with Crippen molar-refractivity contribution in [3.8, 4) is 0 Å². The lowest BCUT2D eigenvalue weighted by molar-refractivity contribution is -0.129. The summed E-state index contributed by atoms with van der Waals surface area (Å²) in [6.07, 6.45) is 0.678. The first-order chi connectivity index (χ1) is 15.6. The summed E-state index contributed by atoms with van der Waals surface area (Å²) in [4.78, 5) is 26.5. The average Bonchev–Trinajstić information content (AvgIpc) is 2.82. The Kier molecular flexibility index (Phi) is 8.14. The van der Waals surface area contributed by atoms with Gasteiger partial charge in [-0.3, -0.25) is 4.79 Å². The van der Waals surface area contributed by atoms with Crippen molar-refractivity contribution in [3.63, 3.8) is 0 Å². The number of carbonyl (C=O) groups excluding carboxylic acids is 2. The molecular weight excluding hydrogens is 416 g/mol. The molecule has 1 aliphatic rings. The largest absolute Gasteiger partial charge is 0.445 e. The van der Waals surface area contributed by atoms with E-state index >= 15 is 0 Å². The Bertz CT molecular complexity index is 921. The Balaban J connectivity index is 1.56. The predicted molar refractivity (Wildman–Crippen MR) is 128 cm³/mol. The van der Waals surface area contributed by atoms with E-state index in [4.69, 9.17) is 4.74 Å². The number of hydrogen-bond donors (Lipinski definition) is 2. The molecule has 3 rings (SSSR count). The second-order valence-electron chi connectivity index (χ2n) is 9.95. The summed E-state index contributed by atoms with van der Waals surface area (Å²) in [6, 6.07) is 17.2. The van der Waals surface area contributed by atoms with Crippen molar-refractivity contribution in [1.82, 2.24) is 10.2 Å². The number of aliphatic hydroxyl groups excluding tert-OH is 1. The van der Waals surface area contributed by atoms with E-state index in [0.29, 0.717) is 13.1 Å². The Morgan fingerprint density at radius 1 is 1.09 bits per heavy atom. The van der Waals surface area contributed by atoms with E-state index < -0.39 is 11.5 Å². The van der Waals surface area contributed by atoms with Gasteiger partial charge in [-0.2, -0.15) is 0 Å². The smallest absolute Gasteiger partial charge is 0.410 e. The minimum atomic E-state index is -0.664. The average molecular weight is 453 g/mol. The van der Waals surface area contributed by atoms with Crippen molar-refractivity contribution in [2.24, 2.45) is 11.3 Å². The molecule has 2 aromatic carbocycles. The fourth-order valence-corrected chi connectivity index (χ4v) is 3.99. The van der Waals surface area contributed by atoms with Crippen molar-refractivity contribution >= 4 is 12.0 Å². The maximum atomic E-state index is 12.5. The predicted octanol–water partition coefficient (Wildman–Crippen LogP) is 4.99. The van der Waals surface area contributed by atoms with Crippen LogP contribution < -0.4 is 5.32 Å². The van der Waals surface area contributed by atoms with Crippen LogP contribution in [0.1, 0.15) is 69.4 Å². The zero-order chi connectivity index (χ0) is 24.0. The van der Waals surface area contributed by atoms with Crippen LogP contribution in [-0.4, -0.2) is 35.1 Å². The molecule has 0 aromatic heterocycles. The summed E-state index contributed by atoms with van der Waals surface area (Å²) < 4.78 is 5.47. The van der Waals surface area contributed by atoms with Crippen LogP contribution >= 0.6 is 0 Å². The number of carbonyl (C=O) groups is 2. The van der Waals surface area contributed by atoms with E-state index in [-0.39, 0.29) is 30.6 Å². The molecule has 0 radical (unpaired) electrons. The summed E-state index contributed by atoms with van der Waals surface area (Å²) in [7, 11) is 0. The maximum Gasteiger partial charge on any atom is 0.410 e. The number of benzene rings is 2. The SMILES string of the molecule is C[C@H](NC(=O)C(C)(C)C)c1ccc(C(O)C2CCCN(C(=O)OCc3ccccc3)C2)cc1. The van der Waals surface area contributed by atoms with Crippen molar-refractivity contribution in [1.29, 1.82) is 0 Å². The number of rotatable bonds is 6. The number of piperidine rings is 1. The number of aliphatic hydroxyl groups is 1. The van der Waals surface area contributed by atoms with Crippen LogP contribution in [0.5, 0.6) is 0 Å². The molecule has 1 fully saturated rings. The Labute approximate surface area is 196 Å². The molecule has 2 aromatic rings. The van der Waals surface area contributed by atoms with Gasteiger partial charge in [0.05, 0.1) is 12.1 Å². The second-order valence-corrected chi connectivity index (χ2v) is 9.95. The third-order valence-corrected chi connectivity index (χ3v) is 6.17. The molecule has 2 amide bonds. The molecule has 0 saturated carbocycles. The van der Waals surface area contributed by atoms with Crippen LogP contribution in [0.4, 0.5) is 4.79 Å². The summed E-state index contributed by atoms with van der Waals surface area (Å²) in [6.45, 7) is 8.97. The minimum absolute atomic E-state index is 0.000517. The normalized spacial score (nSPS) is 18.3. The third-order valence-electron chi connectivity index (χ3n) is 6.17. The molecule has 0 aliphatic carbocycles. The Hall–Kier alpha value is -2.86. The topological polar surface area (TPSA) is 78.9 Å². The molecule has 1 aliphatic heterocycles. The zero-order valence-corrected chi connectivity index (χ0v) is 20.1. The van der Waals surface area contributed by atoms with Crippen LogP contribution in [0.2, 0.25) is 0 Å². The number of ether oxygens (including phenoxy) is 1. The highest BCUT2D eigenvalue weighted by molar-refractivity contribution is 5.81. The van der Waals surface area contributed by atoms with E-state index in [1.54, 1.807) is 4.90 Å². The van der Waals surface area contributed by atoms with Crippen LogP contribution in [0, 0.1) is 11.3 Å². The molecule has 0 bridgehead atoms. The molecule has 1 saturated heterocycles. The molecular formula is C27H36N2O4. The van der Waals surface area contributed by atoms with Crippen LogP contribution in [0.25, 0.3) is 0 Å². The summed E-state index contributed by atoms with van der Waals surface area (Å²) in [5.41, 5.74) is 2.31. The van der Waals surface area contributed by atoms with Crippen molar-refractivity contribution < 1.29 is 19.4 Å². The van der Waals surface area contributed by atoms with E-state index in [2.05, 4.69) is 5.32 Å². The van der Waals surface area contributed by atoms with Gasteiger partial charge in [0.15, 0.2) is 0 Å². The van der Waals surface area contributed by atoms with Gasteiger partial charge >= 0.3 is 6.09 Å². The van der Waals surface area contributed by atoms with E-state index in [9.17, 15) is 14.7 Å². The van der Waals surface area contributed by atoms with Crippen molar-refractivity contribution in [3.05, 3.63) is 71.3 Å². The summed E-state index contributed by atoms with van der Waals surface area (Å²) in [5, 5.41) is 14.0. The van der Waals surface area contributed by atoms with Gasteiger partial charge in [-0.1, -0.05) is 75.4 Å². The minimum Gasteiger partial charge on any atom is -0.445 e. The molecule has 6 heteroatoms. The molecule has 178 valence electrons. The number of amides is 2. The zero-order valence-electron chi connectivity index (χ0n) is 20.1. The number of nitrogens with one attached hydrogen (secondary N) is 1. The molecule has 33 heavy (non-hydrogen) atoms. The standard InChI is InChI=1S/C27H36N2O4/c1-19(28-25(31)27(2,3)4)21-12-14-22(15-13-21)24(30)23-11-8-16-29(17-23)26(32)33-18-20-9-6-5-7-10-20/h5-7,9-10,12-15,19,23-24,30H,8,11,16-18H2,1-4H3,(H,28,31)/t19-,23?,24?/m0/s1. The van der Waals surface area contributed by atoms with Crippen LogP contribution in [-0.2, 0) is 16.1 Å². The van der Waals surface area contributed by atoms with Crippen LogP contribution in [0.3, 0.4) is 0 Å². The van der Waals surface area contributed by atoms with Gasteiger partial charge in [0.2, 0.25) is 5.91 Å². The lowest BCUT2D eigenvalue weighted by atomic mass is 9.88. The van der Waals surface area contributed by atoms with Crippen molar-refractivity contribution in [2.45, 2.75) is 59.3 Å². The molecule has 2 N–H and O–H groups in total. The third kappa shape index (κ3) is 6.81. The van der Waals surface area contributed by atoms with E-state index in [1.807, 2.05) is 82.3 Å². The van der Waals surface area contributed by atoms with Gasteiger partial charge in [-0.15, -0.1) is 0 Å². The first kappa shape index (κ1) is 24.8. The monoisotopic (exact) mass is 452 g/mol. The highest BCUT2D eigenvalue weighted by Gasteiger charge is 2.30. The van der Waals surface area contributed by atoms with Gasteiger partial charge in [0, 0.05) is 24.4 Å². The summed E-state index contributed by atoms with van der Waals surface area (Å²) >= 11 is 0. The lowest BCUT2D eigenvalue weighted by Gasteiger charge is -2.34. The van der Waals surface area contributed by atoms with Gasteiger partial charge in [-0.05, 0) is 36.5 Å². The van der Waals surface area contributed by atoms with Gasteiger partial charge in [0.1, 0.15) is 6.61 Å². The van der Waals surface area contributed by atoms with Crippen LogP contribution in [0.15, 0.2) is 54.6 Å². The number of likely N-dealkylation sites (tertiary alicyclic amines) is 1. The van der Waals surface area contributed by atoms with E-state index in [1.165, 1.54) is 0 Å². The van der Waals surface area contributed by atoms with Gasteiger partial charge < -0.3 is 20.1 Å². The molecule has 2 unspecified atom stereocenters. The Morgan fingerprint density at radius 2 is 1.73 bits per heavy atom.